The Morgan fingerprint density at radius 1 is 1.04 bits per heavy atom. The molecule has 0 aliphatic carbocycles. The van der Waals surface area contributed by atoms with Crippen LogP contribution in [-0.4, -0.2) is 32.0 Å². The molecule has 0 atom stereocenters. The molecule has 0 unspecified atom stereocenters. The van der Waals surface area contributed by atoms with Gasteiger partial charge in [-0.1, -0.05) is 24.3 Å². The van der Waals surface area contributed by atoms with Gasteiger partial charge in [0.1, 0.15) is 11.9 Å². The average molecular weight is 362 g/mol. The second-order valence-electron chi connectivity index (χ2n) is 5.77. The standard InChI is InChI=1S/C18H14N6O3/c1-11-14-7-2-3-8-15(14)27-16(11)18(26)21-20-17(25)12-5-4-6-13(9-12)24-10-19-22-23-24/h2-10H,1H3,(H,20,25)(H,21,26). The topological polar surface area (TPSA) is 115 Å². The summed E-state index contributed by atoms with van der Waals surface area (Å²) in [5.74, 6) is -0.861. The van der Waals surface area contributed by atoms with E-state index in [1.807, 2.05) is 18.2 Å². The molecule has 2 N–H and O–H groups in total. The van der Waals surface area contributed by atoms with Gasteiger partial charge in [0.25, 0.3) is 5.91 Å². The van der Waals surface area contributed by atoms with Gasteiger partial charge in [0.2, 0.25) is 0 Å². The molecular formula is C18H14N6O3. The molecule has 0 radical (unpaired) electrons. The SMILES string of the molecule is Cc1c(C(=O)NNC(=O)c2cccc(-n3cnnn3)c2)oc2ccccc12. The molecule has 2 heterocycles. The first-order valence-corrected chi connectivity index (χ1v) is 8.06. The molecular weight excluding hydrogens is 348 g/mol. The van der Waals surface area contributed by atoms with Gasteiger partial charge < -0.3 is 4.42 Å². The molecule has 0 saturated heterocycles. The second-order valence-corrected chi connectivity index (χ2v) is 5.77. The van der Waals surface area contributed by atoms with Gasteiger partial charge in [0.15, 0.2) is 5.76 Å². The van der Waals surface area contributed by atoms with Crippen LogP contribution in [-0.2, 0) is 0 Å². The molecule has 0 spiro atoms. The van der Waals surface area contributed by atoms with Crippen LogP contribution in [0.25, 0.3) is 16.7 Å². The molecule has 0 aliphatic rings. The van der Waals surface area contributed by atoms with Crippen LogP contribution in [0.5, 0.6) is 0 Å². The van der Waals surface area contributed by atoms with E-state index in [2.05, 4.69) is 26.4 Å². The summed E-state index contributed by atoms with van der Waals surface area (Å²) in [5.41, 5.74) is 7.03. The van der Waals surface area contributed by atoms with Crippen molar-refractivity contribution >= 4 is 22.8 Å². The highest BCUT2D eigenvalue weighted by molar-refractivity contribution is 6.01. The Hall–Kier alpha value is -4.01. The zero-order valence-corrected chi connectivity index (χ0v) is 14.2. The van der Waals surface area contributed by atoms with E-state index < -0.39 is 11.8 Å². The minimum absolute atomic E-state index is 0.152. The molecule has 4 rings (SSSR count). The molecule has 27 heavy (non-hydrogen) atoms. The molecule has 134 valence electrons. The molecule has 0 fully saturated rings. The first kappa shape index (κ1) is 16.5. The average Bonchev–Trinajstić information content (AvgIpc) is 3.35. The second kappa shape index (κ2) is 6.71. The Labute approximate surface area is 152 Å². The monoisotopic (exact) mass is 362 g/mol. The van der Waals surface area contributed by atoms with Crippen LogP contribution in [0.3, 0.4) is 0 Å². The van der Waals surface area contributed by atoms with Crippen molar-refractivity contribution < 1.29 is 14.0 Å². The summed E-state index contributed by atoms with van der Waals surface area (Å²) >= 11 is 0. The summed E-state index contributed by atoms with van der Waals surface area (Å²) in [5, 5.41) is 11.7. The Morgan fingerprint density at radius 3 is 2.63 bits per heavy atom. The number of hydrogen-bond donors (Lipinski definition) is 2. The van der Waals surface area contributed by atoms with Crippen LogP contribution >= 0.6 is 0 Å². The third-order valence-corrected chi connectivity index (χ3v) is 4.06. The number of nitrogens with one attached hydrogen (secondary N) is 2. The predicted molar refractivity (Wildman–Crippen MR) is 95.0 cm³/mol. The fraction of sp³-hybridized carbons (Fsp3) is 0.0556. The quantitative estimate of drug-likeness (QED) is 0.537. The molecule has 4 aromatic rings. The smallest absolute Gasteiger partial charge is 0.305 e. The van der Waals surface area contributed by atoms with Gasteiger partial charge in [-0.25, -0.2) is 4.68 Å². The van der Waals surface area contributed by atoms with Crippen LogP contribution in [0.2, 0.25) is 0 Å². The minimum atomic E-state index is -0.534. The predicted octanol–water partition coefficient (Wildman–Crippen LogP) is 1.79. The van der Waals surface area contributed by atoms with Crippen molar-refractivity contribution in [2.45, 2.75) is 6.92 Å². The highest BCUT2D eigenvalue weighted by atomic mass is 16.3. The number of furan rings is 1. The number of hydrazine groups is 1. The molecule has 2 aromatic carbocycles. The van der Waals surface area contributed by atoms with Crippen molar-refractivity contribution in [2.75, 3.05) is 0 Å². The number of aryl methyl sites for hydroxylation is 1. The van der Waals surface area contributed by atoms with Crippen molar-refractivity contribution in [1.82, 2.24) is 31.1 Å². The number of fused-ring (bicyclic) bond motifs is 1. The van der Waals surface area contributed by atoms with E-state index in [0.29, 0.717) is 22.4 Å². The summed E-state index contributed by atoms with van der Waals surface area (Å²) in [6.07, 6.45) is 1.42. The van der Waals surface area contributed by atoms with Gasteiger partial charge in [-0.15, -0.1) is 5.10 Å². The lowest BCUT2D eigenvalue weighted by Gasteiger charge is -2.07. The fourth-order valence-electron chi connectivity index (χ4n) is 2.70. The van der Waals surface area contributed by atoms with Crippen molar-refractivity contribution in [3.05, 3.63) is 71.7 Å². The first-order chi connectivity index (χ1) is 13.1. The Balaban J connectivity index is 1.48. The van der Waals surface area contributed by atoms with Crippen molar-refractivity contribution in [2.24, 2.45) is 0 Å². The number of rotatable bonds is 3. The largest absolute Gasteiger partial charge is 0.451 e. The molecule has 2 aromatic heterocycles. The molecule has 0 saturated carbocycles. The molecule has 2 amide bonds. The maximum absolute atomic E-state index is 12.4. The number of carbonyl (C=O) groups excluding carboxylic acids is 2. The maximum Gasteiger partial charge on any atom is 0.305 e. The highest BCUT2D eigenvalue weighted by Crippen LogP contribution is 2.24. The molecule has 9 nitrogen and oxygen atoms in total. The summed E-state index contributed by atoms with van der Waals surface area (Å²) in [6.45, 7) is 1.79. The fourth-order valence-corrected chi connectivity index (χ4v) is 2.70. The Kier molecular flexibility index (Phi) is 4.09. The highest BCUT2D eigenvalue weighted by Gasteiger charge is 2.18. The third kappa shape index (κ3) is 3.13. The summed E-state index contributed by atoms with van der Waals surface area (Å²) in [7, 11) is 0. The normalized spacial score (nSPS) is 10.7. The van der Waals surface area contributed by atoms with Crippen LogP contribution in [0, 0.1) is 6.92 Å². The molecule has 0 bridgehead atoms. The van der Waals surface area contributed by atoms with Crippen LogP contribution in [0.1, 0.15) is 26.5 Å². The van der Waals surface area contributed by atoms with E-state index in [0.717, 1.165) is 5.39 Å². The summed E-state index contributed by atoms with van der Waals surface area (Å²) in [4.78, 5) is 24.7. The minimum Gasteiger partial charge on any atom is -0.451 e. The lowest BCUT2D eigenvalue weighted by Crippen LogP contribution is -2.41. The number of nitrogens with zero attached hydrogens (tertiary/aromatic N) is 4. The molecule has 0 aliphatic heterocycles. The number of para-hydroxylation sites is 1. The third-order valence-electron chi connectivity index (χ3n) is 4.06. The summed E-state index contributed by atoms with van der Waals surface area (Å²) < 4.78 is 7.00. The van der Waals surface area contributed by atoms with E-state index in [4.69, 9.17) is 4.42 Å². The van der Waals surface area contributed by atoms with E-state index in [-0.39, 0.29) is 5.76 Å². The van der Waals surface area contributed by atoms with Gasteiger partial charge in [0.05, 0.1) is 5.69 Å². The van der Waals surface area contributed by atoms with Crippen LogP contribution < -0.4 is 10.9 Å². The summed E-state index contributed by atoms with van der Waals surface area (Å²) in [6, 6.07) is 14.0. The number of amides is 2. The number of benzene rings is 2. The van der Waals surface area contributed by atoms with Gasteiger partial charge in [0, 0.05) is 16.5 Å². The lowest BCUT2D eigenvalue weighted by molar-refractivity contribution is 0.0831. The number of carbonyl (C=O) groups is 2. The zero-order valence-electron chi connectivity index (χ0n) is 14.2. The van der Waals surface area contributed by atoms with Crippen molar-refractivity contribution in [1.29, 1.82) is 0 Å². The van der Waals surface area contributed by atoms with E-state index >= 15 is 0 Å². The van der Waals surface area contributed by atoms with Crippen LogP contribution in [0.4, 0.5) is 0 Å². The van der Waals surface area contributed by atoms with E-state index in [1.54, 1.807) is 37.3 Å². The van der Waals surface area contributed by atoms with Crippen molar-refractivity contribution in [3.63, 3.8) is 0 Å². The van der Waals surface area contributed by atoms with Gasteiger partial charge in [-0.3, -0.25) is 20.4 Å². The number of aromatic nitrogens is 4. The maximum atomic E-state index is 12.4. The zero-order chi connectivity index (χ0) is 18.8. The van der Waals surface area contributed by atoms with Gasteiger partial charge >= 0.3 is 5.91 Å². The van der Waals surface area contributed by atoms with Crippen LogP contribution in [0.15, 0.2) is 59.3 Å². The van der Waals surface area contributed by atoms with E-state index in [1.165, 1.54) is 11.0 Å². The van der Waals surface area contributed by atoms with Gasteiger partial charge in [-0.05, 0) is 41.6 Å². The first-order valence-electron chi connectivity index (χ1n) is 8.06. The number of tetrazole rings is 1. The number of hydrogen-bond acceptors (Lipinski definition) is 6. The van der Waals surface area contributed by atoms with Crippen molar-refractivity contribution in [3.8, 4) is 5.69 Å². The Morgan fingerprint density at radius 2 is 1.85 bits per heavy atom. The van der Waals surface area contributed by atoms with E-state index in [9.17, 15) is 9.59 Å². The molecule has 9 heteroatoms. The lowest BCUT2D eigenvalue weighted by atomic mass is 10.1. The van der Waals surface area contributed by atoms with Gasteiger partial charge in [-0.2, -0.15) is 0 Å². The Bertz CT molecular complexity index is 1130.